The lowest BCUT2D eigenvalue weighted by Gasteiger charge is -2.37. The summed E-state index contributed by atoms with van der Waals surface area (Å²) in [5.41, 5.74) is 5.23. The molecule has 29 heavy (non-hydrogen) atoms. The van der Waals surface area contributed by atoms with Crippen molar-refractivity contribution >= 4 is 37.5 Å². The molecule has 1 aliphatic rings. The van der Waals surface area contributed by atoms with Crippen LogP contribution in [0.15, 0.2) is 72.8 Å². The molecule has 3 aromatic carbocycles. The van der Waals surface area contributed by atoms with Gasteiger partial charge in [0, 0.05) is 48.8 Å². The summed E-state index contributed by atoms with van der Waals surface area (Å²) in [4.78, 5) is 17.3. The van der Waals surface area contributed by atoms with Gasteiger partial charge in [-0.1, -0.05) is 24.3 Å². The minimum Gasteiger partial charge on any atom is -0.368 e. The lowest BCUT2D eigenvalue weighted by molar-refractivity contribution is 0.102. The van der Waals surface area contributed by atoms with Gasteiger partial charge < -0.3 is 15.1 Å². The molecule has 0 aliphatic carbocycles. The number of benzene rings is 3. The zero-order chi connectivity index (χ0) is 20.2. The molecule has 0 saturated carbocycles. The van der Waals surface area contributed by atoms with Gasteiger partial charge in [0.1, 0.15) is 0 Å². The van der Waals surface area contributed by atoms with Crippen molar-refractivity contribution in [2.45, 2.75) is 6.92 Å². The van der Waals surface area contributed by atoms with Crippen molar-refractivity contribution in [2.24, 2.45) is 0 Å². The minimum absolute atomic E-state index is 0.0858. The summed E-state index contributed by atoms with van der Waals surface area (Å²) in [5, 5.41) is 4.04. The Morgan fingerprint density at radius 2 is 1.45 bits per heavy atom. The van der Waals surface area contributed by atoms with Gasteiger partial charge in [-0.3, -0.25) is 4.79 Å². The van der Waals surface area contributed by atoms with Crippen molar-refractivity contribution in [3.05, 3.63) is 83.9 Å². The average Bonchev–Trinajstić information content (AvgIpc) is 2.75. The van der Waals surface area contributed by atoms with Gasteiger partial charge >= 0.3 is 0 Å². The van der Waals surface area contributed by atoms with Gasteiger partial charge in [-0.25, -0.2) is 0 Å². The number of rotatable bonds is 4. The van der Waals surface area contributed by atoms with Crippen LogP contribution in [0.25, 0.3) is 0 Å². The highest BCUT2D eigenvalue weighted by molar-refractivity contribution is 7.27. The standard InChI is InChI=1S/C24H26N3OP/c1-18-3-2-4-22(17-18)27-15-13-26(14-16-27)21-9-5-19(6-10-21)24(28)25-20-7-11-23(29)12-8-20/h2-12,17H,13-16,29H2,1H3,(H,25,28). The molecule has 148 valence electrons. The third-order valence-electron chi connectivity index (χ3n) is 5.31. The lowest BCUT2D eigenvalue weighted by Crippen LogP contribution is -2.46. The van der Waals surface area contributed by atoms with Crippen molar-refractivity contribution < 1.29 is 4.79 Å². The van der Waals surface area contributed by atoms with E-state index in [1.54, 1.807) is 0 Å². The van der Waals surface area contributed by atoms with Gasteiger partial charge in [0.25, 0.3) is 5.91 Å². The molecule has 4 rings (SSSR count). The molecule has 1 atom stereocenters. The number of nitrogens with zero attached hydrogens (tertiary/aromatic N) is 2. The summed E-state index contributed by atoms with van der Waals surface area (Å²) in [6.07, 6.45) is 0. The predicted octanol–water partition coefficient (Wildman–Crippen LogP) is 4.07. The number of piperazine rings is 1. The van der Waals surface area contributed by atoms with Crippen LogP contribution in [0.1, 0.15) is 15.9 Å². The van der Waals surface area contributed by atoms with Crippen LogP contribution < -0.4 is 20.4 Å². The molecule has 1 N–H and O–H groups in total. The van der Waals surface area contributed by atoms with E-state index in [0.717, 1.165) is 42.9 Å². The molecule has 1 amide bonds. The van der Waals surface area contributed by atoms with E-state index in [0.29, 0.717) is 5.56 Å². The fraction of sp³-hybridized carbons (Fsp3) is 0.208. The summed E-state index contributed by atoms with van der Waals surface area (Å²) in [7, 11) is 2.64. The van der Waals surface area contributed by atoms with Gasteiger partial charge in [0.15, 0.2) is 0 Å². The van der Waals surface area contributed by atoms with E-state index in [2.05, 4.69) is 55.5 Å². The number of hydrogen-bond acceptors (Lipinski definition) is 3. The Balaban J connectivity index is 1.36. The van der Waals surface area contributed by atoms with Gasteiger partial charge in [0.2, 0.25) is 0 Å². The van der Waals surface area contributed by atoms with Crippen LogP contribution in [0.3, 0.4) is 0 Å². The van der Waals surface area contributed by atoms with E-state index >= 15 is 0 Å². The molecule has 4 nitrogen and oxygen atoms in total. The second kappa shape index (κ2) is 8.67. The Hall–Kier alpha value is -2.84. The normalized spacial score (nSPS) is 14.0. The number of hydrogen-bond donors (Lipinski definition) is 1. The zero-order valence-corrected chi connectivity index (χ0v) is 17.8. The first kappa shape index (κ1) is 19.5. The Morgan fingerprint density at radius 3 is 2.07 bits per heavy atom. The van der Waals surface area contributed by atoms with Gasteiger partial charge in [-0.05, 0) is 66.3 Å². The molecule has 1 fully saturated rings. The number of carbonyl (C=O) groups is 1. The molecule has 5 heteroatoms. The number of carbonyl (C=O) groups excluding carboxylic acids is 1. The molecule has 1 saturated heterocycles. The maximum absolute atomic E-state index is 12.5. The van der Waals surface area contributed by atoms with Crippen LogP contribution in [0, 0.1) is 6.92 Å². The molecule has 0 spiro atoms. The molecule has 1 heterocycles. The van der Waals surface area contributed by atoms with Crippen LogP contribution in [0.5, 0.6) is 0 Å². The highest BCUT2D eigenvalue weighted by Crippen LogP contribution is 2.22. The molecule has 0 aromatic heterocycles. The minimum atomic E-state index is -0.0858. The molecule has 1 aliphatic heterocycles. The summed E-state index contributed by atoms with van der Waals surface area (Å²) >= 11 is 0. The van der Waals surface area contributed by atoms with Crippen LogP contribution in [-0.4, -0.2) is 32.1 Å². The SMILES string of the molecule is Cc1cccc(N2CCN(c3ccc(C(=O)Nc4ccc(P)cc4)cc3)CC2)c1. The Kier molecular flexibility index (Phi) is 5.82. The van der Waals surface area contributed by atoms with Gasteiger partial charge in [-0.15, -0.1) is 9.24 Å². The van der Waals surface area contributed by atoms with E-state index in [-0.39, 0.29) is 5.91 Å². The molecule has 0 radical (unpaired) electrons. The molecule has 0 bridgehead atoms. The smallest absolute Gasteiger partial charge is 0.255 e. The maximum atomic E-state index is 12.5. The summed E-state index contributed by atoms with van der Waals surface area (Å²) in [6.45, 7) is 6.08. The topological polar surface area (TPSA) is 35.6 Å². The fourth-order valence-corrected chi connectivity index (χ4v) is 3.83. The van der Waals surface area contributed by atoms with E-state index in [4.69, 9.17) is 0 Å². The average molecular weight is 403 g/mol. The Bertz CT molecular complexity index is 978. The van der Waals surface area contributed by atoms with Crippen molar-refractivity contribution in [1.29, 1.82) is 0 Å². The van der Waals surface area contributed by atoms with Gasteiger partial charge in [0.05, 0.1) is 0 Å². The second-order valence-electron chi connectivity index (χ2n) is 7.44. The van der Waals surface area contributed by atoms with Crippen LogP contribution in [-0.2, 0) is 0 Å². The van der Waals surface area contributed by atoms with E-state index < -0.39 is 0 Å². The zero-order valence-electron chi connectivity index (χ0n) is 16.6. The summed E-state index contributed by atoms with van der Waals surface area (Å²) in [6, 6.07) is 24.3. The third kappa shape index (κ3) is 4.78. The first-order valence-electron chi connectivity index (χ1n) is 9.92. The molecular formula is C24H26N3OP. The van der Waals surface area contributed by atoms with E-state index in [1.807, 2.05) is 48.5 Å². The van der Waals surface area contributed by atoms with Crippen LogP contribution in [0.4, 0.5) is 17.1 Å². The van der Waals surface area contributed by atoms with Crippen molar-refractivity contribution in [2.75, 3.05) is 41.3 Å². The number of aryl methyl sites for hydroxylation is 1. The van der Waals surface area contributed by atoms with Gasteiger partial charge in [-0.2, -0.15) is 0 Å². The maximum Gasteiger partial charge on any atom is 0.255 e. The Morgan fingerprint density at radius 1 is 0.828 bits per heavy atom. The molecular weight excluding hydrogens is 377 g/mol. The highest BCUT2D eigenvalue weighted by atomic mass is 31.0. The van der Waals surface area contributed by atoms with E-state index in [9.17, 15) is 4.79 Å². The first-order chi connectivity index (χ1) is 14.1. The number of amides is 1. The number of nitrogens with one attached hydrogen (secondary N) is 1. The molecule has 3 aromatic rings. The quantitative estimate of drug-likeness (QED) is 0.667. The lowest BCUT2D eigenvalue weighted by atomic mass is 10.1. The number of anilines is 3. The monoisotopic (exact) mass is 403 g/mol. The third-order valence-corrected chi connectivity index (χ3v) is 5.69. The summed E-state index contributed by atoms with van der Waals surface area (Å²) < 4.78 is 0. The van der Waals surface area contributed by atoms with Crippen molar-refractivity contribution in [1.82, 2.24) is 0 Å². The first-order valence-corrected chi connectivity index (χ1v) is 10.5. The predicted molar refractivity (Wildman–Crippen MR) is 126 cm³/mol. The van der Waals surface area contributed by atoms with Crippen LogP contribution in [0.2, 0.25) is 0 Å². The fourth-order valence-electron chi connectivity index (χ4n) is 3.64. The Labute approximate surface area is 174 Å². The molecule has 1 unspecified atom stereocenters. The largest absolute Gasteiger partial charge is 0.368 e. The van der Waals surface area contributed by atoms with Crippen molar-refractivity contribution in [3.8, 4) is 0 Å². The second-order valence-corrected chi connectivity index (χ2v) is 8.10. The van der Waals surface area contributed by atoms with Crippen LogP contribution >= 0.6 is 9.24 Å². The van der Waals surface area contributed by atoms with E-state index in [1.165, 1.54) is 11.3 Å². The highest BCUT2D eigenvalue weighted by Gasteiger charge is 2.18. The van der Waals surface area contributed by atoms with Crippen molar-refractivity contribution in [3.63, 3.8) is 0 Å². The summed E-state index contributed by atoms with van der Waals surface area (Å²) in [5.74, 6) is -0.0858.